The maximum absolute atomic E-state index is 12.2. The highest BCUT2D eigenvalue weighted by Crippen LogP contribution is 2.22. The van der Waals surface area contributed by atoms with Gasteiger partial charge in [-0.1, -0.05) is 29.8 Å². The lowest BCUT2D eigenvalue weighted by atomic mass is 10.4. The molecule has 17 heavy (non-hydrogen) atoms. The molecule has 1 aromatic carbocycles. The van der Waals surface area contributed by atoms with Gasteiger partial charge in [-0.15, -0.1) is 0 Å². The maximum atomic E-state index is 12.2. The van der Waals surface area contributed by atoms with Gasteiger partial charge < -0.3 is 5.73 Å². The van der Waals surface area contributed by atoms with Gasteiger partial charge in [0, 0.05) is 5.69 Å². The molecule has 0 bridgehead atoms. The molecule has 0 amide bonds. The normalized spacial score (nSPS) is 11.4. The van der Waals surface area contributed by atoms with Crippen molar-refractivity contribution in [2.45, 2.75) is 9.92 Å². The molecule has 0 spiro atoms. The Labute approximate surface area is 104 Å². The zero-order valence-corrected chi connectivity index (χ0v) is 10.2. The zero-order chi connectivity index (χ0) is 12.5. The van der Waals surface area contributed by atoms with Crippen LogP contribution in [0.5, 0.6) is 0 Å². The molecule has 0 fully saturated rings. The van der Waals surface area contributed by atoms with Crippen LogP contribution in [0.3, 0.4) is 0 Å². The first-order valence-corrected chi connectivity index (χ1v) is 6.59. The summed E-state index contributed by atoms with van der Waals surface area (Å²) in [6.07, 6.45) is 0. The van der Waals surface area contributed by atoms with Gasteiger partial charge in [0.2, 0.25) is 9.84 Å². The number of nitrogens with two attached hydrogens (primary N) is 1. The highest BCUT2D eigenvalue weighted by Gasteiger charge is 2.19. The standard InChI is InChI=1S/C11H9ClN2O2S/c12-10-6-8(13)7-11(14-10)17(15,16)9-4-2-1-3-5-9/h1-7H,(H2,13,14). The van der Waals surface area contributed by atoms with Gasteiger partial charge in [0.25, 0.3) is 0 Å². The number of halogens is 1. The van der Waals surface area contributed by atoms with Crippen LogP contribution in [0, 0.1) is 0 Å². The quantitative estimate of drug-likeness (QED) is 0.847. The molecule has 2 rings (SSSR count). The van der Waals surface area contributed by atoms with Crippen molar-refractivity contribution in [2.75, 3.05) is 5.73 Å². The third kappa shape index (κ3) is 2.40. The summed E-state index contributed by atoms with van der Waals surface area (Å²) in [5.41, 5.74) is 5.81. The van der Waals surface area contributed by atoms with Gasteiger partial charge in [-0.25, -0.2) is 13.4 Å². The van der Waals surface area contributed by atoms with Crippen molar-refractivity contribution in [3.8, 4) is 0 Å². The third-order valence-corrected chi connectivity index (χ3v) is 3.97. The summed E-state index contributed by atoms with van der Waals surface area (Å²) in [4.78, 5) is 3.94. The van der Waals surface area contributed by atoms with Gasteiger partial charge in [0.1, 0.15) is 5.15 Å². The molecule has 0 saturated carbocycles. The predicted octanol–water partition coefficient (Wildman–Crippen LogP) is 2.15. The lowest BCUT2D eigenvalue weighted by molar-refractivity contribution is 0.592. The number of hydrogen-bond acceptors (Lipinski definition) is 4. The summed E-state index contributed by atoms with van der Waals surface area (Å²) in [5.74, 6) is 0. The first kappa shape index (κ1) is 11.9. The van der Waals surface area contributed by atoms with Gasteiger partial charge in [0.05, 0.1) is 4.90 Å². The highest BCUT2D eigenvalue weighted by molar-refractivity contribution is 7.91. The molecule has 6 heteroatoms. The molecular formula is C11H9ClN2O2S. The molecular weight excluding hydrogens is 260 g/mol. The Morgan fingerprint density at radius 2 is 1.76 bits per heavy atom. The molecule has 88 valence electrons. The fourth-order valence-corrected chi connectivity index (χ4v) is 2.88. The number of nitrogens with zero attached hydrogens (tertiary/aromatic N) is 1. The van der Waals surface area contributed by atoms with Crippen LogP contribution < -0.4 is 5.73 Å². The molecule has 0 radical (unpaired) electrons. The van der Waals surface area contributed by atoms with Gasteiger partial charge in [-0.2, -0.15) is 0 Å². The van der Waals surface area contributed by atoms with E-state index in [1.54, 1.807) is 18.2 Å². The smallest absolute Gasteiger partial charge is 0.223 e. The van der Waals surface area contributed by atoms with E-state index in [0.717, 1.165) is 0 Å². The molecule has 0 atom stereocenters. The van der Waals surface area contributed by atoms with E-state index in [9.17, 15) is 8.42 Å². The van der Waals surface area contributed by atoms with E-state index in [-0.39, 0.29) is 20.8 Å². The van der Waals surface area contributed by atoms with Crippen LogP contribution in [0.15, 0.2) is 52.4 Å². The van der Waals surface area contributed by atoms with Crippen molar-refractivity contribution >= 4 is 27.1 Å². The van der Waals surface area contributed by atoms with Gasteiger partial charge in [-0.05, 0) is 24.3 Å². The van der Waals surface area contributed by atoms with Crippen molar-refractivity contribution in [3.63, 3.8) is 0 Å². The Hall–Kier alpha value is -1.59. The van der Waals surface area contributed by atoms with E-state index in [1.165, 1.54) is 24.3 Å². The van der Waals surface area contributed by atoms with Gasteiger partial charge >= 0.3 is 0 Å². The van der Waals surface area contributed by atoms with Crippen molar-refractivity contribution in [3.05, 3.63) is 47.6 Å². The topological polar surface area (TPSA) is 73.0 Å². The molecule has 0 aliphatic carbocycles. The van der Waals surface area contributed by atoms with Gasteiger partial charge in [0.15, 0.2) is 5.03 Å². The van der Waals surface area contributed by atoms with Crippen LogP contribution >= 0.6 is 11.6 Å². The van der Waals surface area contributed by atoms with Crippen molar-refractivity contribution < 1.29 is 8.42 Å². The minimum Gasteiger partial charge on any atom is -0.399 e. The van der Waals surface area contributed by atoms with E-state index in [0.29, 0.717) is 0 Å². The number of nitrogen functional groups attached to an aromatic ring is 1. The molecule has 4 nitrogen and oxygen atoms in total. The second-order valence-corrected chi connectivity index (χ2v) is 5.66. The molecule has 0 aliphatic rings. The minimum atomic E-state index is -3.66. The summed E-state index contributed by atoms with van der Waals surface area (Å²) >= 11 is 5.69. The molecule has 1 heterocycles. The molecule has 2 N–H and O–H groups in total. The van der Waals surface area contributed by atoms with Crippen LogP contribution in [0.25, 0.3) is 0 Å². The number of benzene rings is 1. The predicted molar refractivity (Wildman–Crippen MR) is 65.6 cm³/mol. The monoisotopic (exact) mass is 268 g/mol. The first-order valence-electron chi connectivity index (χ1n) is 4.73. The van der Waals surface area contributed by atoms with Crippen molar-refractivity contribution in [1.29, 1.82) is 0 Å². The van der Waals surface area contributed by atoms with E-state index >= 15 is 0 Å². The molecule has 0 aliphatic heterocycles. The third-order valence-electron chi connectivity index (χ3n) is 2.12. The number of rotatable bonds is 2. The average molecular weight is 269 g/mol. The number of aromatic nitrogens is 1. The Morgan fingerprint density at radius 1 is 1.12 bits per heavy atom. The molecule has 0 saturated heterocycles. The highest BCUT2D eigenvalue weighted by atomic mass is 35.5. The number of pyridine rings is 1. The maximum Gasteiger partial charge on any atom is 0.223 e. The van der Waals surface area contributed by atoms with Crippen LogP contribution in [0.4, 0.5) is 5.69 Å². The second-order valence-electron chi connectivity index (χ2n) is 3.38. The number of hydrogen-bond donors (Lipinski definition) is 1. The molecule has 0 unspecified atom stereocenters. The average Bonchev–Trinajstić information content (AvgIpc) is 2.29. The largest absolute Gasteiger partial charge is 0.399 e. The number of sulfone groups is 1. The summed E-state index contributed by atoms with van der Waals surface area (Å²) in [6, 6.07) is 10.7. The summed E-state index contributed by atoms with van der Waals surface area (Å²) in [7, 11) is -3.66. The van der Waals surface area contributed by atoms with E-state index in [1.807, 2.05) is 0 Å². The van der Waals surface area contributed by atoms with E-state index in [2.05, 4.69) is 4.98 Å². The zero-order valence-electron chi connectivity index (χ0n) is 8.67. The lowest BCUT2D eigenvalue weighted by Gasteiger charge is -2.04. The van der Waals surface area contributed by atoms with Crippen molar-refractivity contribution in [2.24, 2.45) is 0 Å². The van der Waals surface area contributed by atoms with Gasteiger partial charge in [-0.3, -0.25) is 0 Å². The Balaban J connectivity index is 2.60. The van der Waals surface area contributed by atoms with Crippen LogP contribution in [-0.4, -0.2) is 13.4 Å². The van der Waals surface area contributed by atoms with Crippen LogP contribution in [-0.2, 0) is 9.84 Å². The van der Waals surface area contributed by atoms with Crippen LogP contribution in [0.2, 0.25) is 5.15 Å². The molecule has 1 aromatic heterocycles. The summed E-state index contributed by atoms with van der Waals surface area (Å²) in [6.45, 7) is 0. The SMILES string of the molecule is Nc1cc(Cl)nc(S(=O)(=O)c2ccccc2)c1. The summed E-state index contributed by atoms with van der Waals surface area (Å²) in [5, 5.41) is -0.0896. The van der Waals surface area contributed by atoms with Crippen molar-refractivity contribution in [1.82, 2.24) is 4.98 Å². The Kier molecular flexibility index (Phi) is 3.04. The fourth-order valence-electron chi connectivity index (χ4n) is 1.35. The lowest BCUT2D eigenvalue weighted by Crippen LogP contribution is -2.05. The Morgan fingerprint density at radius 3 is 2.35 bits per heavy atom. The minimum absolute atomic E-state index is 0.0551. The Bertz CT molecular complexity index is 622. The molecule has 2 aromatic rings. The van der Waals surface area contributed by atoms with E-state index in [4.69, 9.17) is 17.3 Å². The van der Waals surface area contributed by atoms with Crippen LogP contribution in [0.1, 0.15) is 0 Å². The second kappa shape index (κ2) is 4.35. The first-order chi connectivity index (χ1) is 8.00. The number of anilines is 1. The summed E-state index contributed by atoms with van der Waals surface area (Å²) < 4.78 is 24.3. The van der Waals surface area contributed by atoms with E-state index < -0.39 is 9.84 Å². The fraction of sp³-hybridized carbons (Fsp3) is 0.